The van der Waals surface area contributed by atoms with Crippen molar-refractivity contribution in [2.24, 2.45) is 0 Å². The molecule has 0 aliphatic heterocycles. The van der Waals surface area contributed by atoms with Gasteiger partial charge in [0.2, 0.25) is 0 Å². The van der Waals surface area contributed by atoms with E-state index in [0.29, 0.717) is 18.2 Å². The Morgan fingerprint density at radius 1 is 1.04 bits per heavy atom. The van der Waals surface area contributed by atoms with Gasteiger partial charge in [0.25, 0.3) is 0 Å². The molecule has 0 radical (unpaired) electrons. The molecule has 0 atom stereocenters. The Morgan fingerprint density at radius 2 is 1.70 bits per heavy atom. The molecule has 2 amide bonds. The van der Waals surface area contributed by atoms with Gasteiger partial charge in [-0.25, -0.2) is 4.79 Å². The second kappa shape index (κ2) is 7.91. The molecule has 1 saturated carbocycles. The molecule has 2 N–H and O–H groups in total. The zero-order valence-electron chi connectivity index (χ0n) is 16.5. The molecule has 0 spiro atoms. The summed E-state index contributed by atoms with van der Waals surface area (Å²) >= 11 is 0. The number of anilines is 1. The molecule has 0 aromatic heterocycles. The standard InChI is InChI=1S/C22H28N2O3/c1-15(2)16-5-8-18(9-6-16)24-21(25)23-14-22(11-12-22)17-7-10-19(26-3)20(13-17)27-4/h5-10,13,15H,11-12,14H2,1-4H3,(H2,23,24,25). The molecule has 5 nitrogen and oxygen atoms in total. The van der Waals surface area contributed by atoms with Gasteiger partial charge in [-0.05, 0) is 54.2 Å². The maximum absolute atomic E-state index is 12.3. The van der Waals surface area contributed by atoms with E-state index in [1.165, 1.54) is 11.1 Å². The van der Waals surface area contributed by atoms with Gasteiger partial charge in [-0.3, -0.25) is 0 Å². The lowest BCUT2D eigenvalue weighted by atomic mass is 9.95. The van der Waals surface area contributed by atoms with E-state index in [1.807, 2.05) is 36.4 Å². The van der Waals surface area contributed by atoms with E-state index in [-0.39, 0.29) is 11.4 Å². The first-order valence-electron chi connectivity index (χ1n) is 9.35. The predicted octanol–water partition coefficient (Wildman–Crippen LogP) is 4.68. The van der Waals surface area contributed by atoms with Crippen LogP contribution in [0.2, 0.25) is 0 Å². The maximum atomic E-state index is 12.3. The molecule has 0 saturated heterocycles. The van der Waals surface area contributed by atoms with Gasteiger partial charge in [0, 0.05) is 17.6 Å². The smallest absolute Gasteiger partial charge is 0.319 e. The molecular weight excluding hydrogens is 340 g/mol. The van der Waals surface area contributed by atoms with Crippen molar-refractivity contribution in [3.63, 3.8) is 0 Å². The van der Waals surface area contributed by atoms with E-state index in [2.05, 4.69) is 30.5 Å². The first-order valence-corrected chi connectivity index (χ1v) is 9.35. The number of methoxy groups -OCH3 is 2. The van der Waals surface area contributed by atoms with Gasteiger partial charge < -0.3 is 20.1 Å². The minimum absolute atomic E-state index is 0.0155. The van der Waals surface area contributed by atoms with Crippen LogP contribution in [-0.2, 0) is 5.41 Å². The third-order valence-corrected chi connectivity index (χ3v) is 5.27. The Labute approximate surface area is 161 Å². The van der Waals surface area contributed by atoms with Crippen molar-refractivity contribution >= 4 is 11.7 Å². The summed E-state index contributed by atoms with van der Waals surface area (Å²) in [5, 5.41) is 5.92. The topological polar surface area (TPSA) is 59.6 Å². The number of hydrogen-bond acceptors (Lipinski definition) is 3. The highest BCUT2D eigenvalue weighted by molar-refractivity contribution is 5.89. The molecule has 0 unspecified atom stereocenters. The fourth-order valence-electron chi connectivity index (χ4n) is 3.26. The molecule has 5 heteroatoms. The van der Waals surface area contributed by atoms with Crippen LogP contribution in [0.3, 0.4) is 0 Å². The van der Waals surface area contributed by atoms with E-state index in [9.17, 15) is 4.79 Å². The molecule has 0 heterocycles. The van der Waals surface area contributed by atoms with Crippen LogP contribution in [0.25, 0.3) is 0 Å². The van der Waals surface area contributed by atoms with Gasteiger partial charge in [-0.2, -0.15) is 0 Å². The average Bonchev–Trinajstić information content (AvgIpc) is 3.47. The van der Waals surface area contributed by atoms with Gasteiger partial charge in [0.15, 0.2) is 11.5 Å². The summed E-state index contributed by atoms with van der Waals surface area (Å²) in [6.45, 7) is 4.90. The summed E-state index contributed by atoms with van der Waals surface area (Å²) in [7, 11) is 3.27. The predicted molar refractivity (Wildman–Crippen MR) is 108 cm³/mol. The molecule has 1 aliphatic rings. The van der Waals surface area contributed by atoms with E-state index in [1.54, 1.807) is 14.2 Å². The van der Waals surface area contributed by atoms with Crippen molar-refractivity contribution in [2.75, 3.05) is 26.1 Å². The second-order valence-electron chi connectivity index (χ2n) is 7.43. The van der Waals surface area contributed by atoms with Crippen LogP contribution >= 0.6 is 0 Å². The molecule has 0 bridgehead atoms. The zero-order chi connectivity index (χ0) is 19.4. The van der Waals surface area contributed by atoms with Crippen LogP contribution in [0.1, 0.15) is 43.7 Å². The number of urea groups is 1. The van der Waals surface area contributed by atoms with Crippen molar-refractivity contribution in [3.8, 4) is 11.5 Å². The third-order valence-electron chi connectivity index (χ3n) is 5.27. The van der Waals surface area contributed by atoms with Crippen LogP contribution in [0.5, 0.6) is 11.5 Å². The molecule has 144 valence electrons. The summed E-state index contributed by atoms with van der Waals surface area (Å²) in [5.41, 5.74) is 3.21. The number of carbonyl (C=O) groups excluding carboxylic acids is 1. The Kier molecular flexibility index (Phi) is 5.59. The number of carbonyl (C=O) groups is 1. The van der Waals surface area contributed by atoms with Crippen LogP contribution in [0, 0.1) is 0 Å². The highest BCUT2D eigenvalue weighted by Crippen LogP contribution is 2.49. The Morgan fingerprint density at radius 3 is 2.26 bits per heavy atom. The zero-order valence-corrected chi connectivity index (χ0v) is 16.5. The lowest BCUT2D eigenvalue weighted by Crippen LogP contribution is -2.35. The first kappa shape index (κ1) is 19.1. The summed E-state index contributed by atoms with van der Waals surface area (Å²) in [6, 6.07) is 13.8. The number of nitrogens with one attached hydrogen (secondary N) is 2. The molecule has 2 aromatic carbocycles. The number of ether oxygens (including phenoxy) is 2. The molecule has 27 heavy (non-hydrogen) atoms. The van der Waals surface area contributed by atoms with Crippen LogP contribution < -0.4 is 20.1 Å². The number of amides is 2. The monoisotopic (exact) mass is 368 g/mol. The van der Waals surface area contributed by atoms with Gasteiger partial charge >= 0.3 is 6.03 Å². The van der Waals surface area contributed by atoms with Gasteiger partial charge in [-0.15, -0.1) is 0 Å². The van der Waals surface area contributed by atoms with Crippen molar-refractivity contribution in [2.45, 2.75) is 38.0 Å². The Bertz CT molecular complexity index is 796. The Hall–Kier alpha value is -2.69. The minimum Gasteiger partial charge on any atom is -0.493 e. The van der Waals surface area contributed by atoms with Crippen molar-refractivity contribution < 1.29 is 14.3 Å². The highest BCUT2D eigenvalue weighted by atomic mass is 16.5. The second-order valence-corrected chi connectivity index (χ2v) is 7.43. The Balaban J connectivity index is 1.60. The lowest BCUT2D eigenvalue weighted by Gasteiger charge is -2.19. The summed E-state index contributed by atoms with van der Waals surface area (Å²) in [5.74, 6) is 1.91. The van der Waals surface area contributed by atoms with Gasteiger partial charge in [-0.1, -0.05) is 32.0 Å². The summed E-state index contributed by atoms with van der Waals surface area (Å²) < 4.78 is 10.7. The molecule has 1 fully saturated rings. The van der Waals surface area contributed by atoms with Crippen molar-refractivity contribution in [3.05, 3.63) is 53.6 Å². The van der Waals surface area contributed by atoms with Crippen LogP contribution in [0.15, 0.2) is 42.5 Å². The normalized spacial score (nSPS) is 14.6. The quantitative estimate of drug-likeness (QED) is 0.746. The van der Waals surface area contributed by atoms with Crippen LogP contribution in [-0.4, -0.2) is 26.8 Å². The third kappa shape index (κ3) is 4.35. The fraction of sp³-hybridized carbons (Fsp3) is 0.409. The van der Waals surface area contributed by atoms with E-state index < -0.39 is 0 Å². The summed E-state index contributed by atoms with van der Waals surface area (Å²) in [4.78, 5) is 12.3. The van der Waals surface area contributed by atoms with E-state index in [0.717, 1.165) is 24.3 Å². The summed E-state index contributed by atoms with van der Waals surface area (Å²) in [6.07, 6.45) is 2.09. The maximum Gasteiger partial charge on any atom is 0.319 e. The molecule has 1 aliphatic carbocycles. The molecule has 2 aromatic rings. The first-order chi connectivity index (χ1) is 13.0. The largest absolute Gasteiger partial charge is 0.493 e. The highest BCUT2D eigenvalue weighted by Gasteiger charge is 2.44. The minimum atomic E-state index is -0.181. The molecule has 3 rings (SSSR count). The average molecular weight is 368 g/mol. The fourth-order valence-corrected chi connectivity index (χ4v) is 3.26. The van der Waals surface area contributed by atoms with Crippen molar-refractivity contribution in [1.82, 2.24) is 5.32 Å². The van der Waals surface area contributed by atoms with Crippen molar-refractivity contribution in [1.29, 1.82) is 0 Å². The van der Waals surface area contributed by atoms with E-state index in [4.69, 9.17) is 9.47 Å². The number of hydrogen-bond donors (Lipinski definition) is 2. The SMILES string of the molecule is COc1ccc(C2(CNC(=O)Nc3ccc(C(C)C)cc3)CC2)cc1OC. The molecular formula is C22H28N2O3. The van der Waals surface area contributed by atoms with Crippen LogP contribution in [0.4, 0.5) is 10.5 Å². The van der Waals surface area contributed by atoms with E-state index >= 15 is 0 Å². The number of rotatable bonds is 7. The van der Waals surface area contributed by atoms with Gasteiger partial charge in [0.05, 0.1) is 14.2 Å². The van der Waals surface area contributed by atoms with Gasteiger partial charge in [0.1, 0.15) is 0 Å². The lowest BCUT2D eigenvalue weighted by molar-refractivity contribution is 0.251. The number of benzene rings is 2.